The van der Waals surface area contributed by atoms with Gasteiger partial charge in [0.1, 0.15) is 5.82 Å². The Morgan fingerprint density at radius 2 is 2.00 bits per heavy atom. The van der Waals surface area contributed by atoms with Crippen LogP contribution in [-0.2, 0) is 14.3 Å². The molecular formula is C19H21FN2O3S. The molecule has 0 unspecified atom stereocenters. The summed E-state index contributed by atoms with van der Waals surface area (Å²) in [6.45, 7) is 7.21. The first-order chi connectivity index (χ1) is 12.3. The highest BCUT2D eigenvalue weighted by molar-refractivity contribution is 8.15. The number of carbonyl (C=O) groups is 2. The fraction of sp³-hybridized carbons (Fsp3) is 0.421. The normalized spacial score (nSPS) is 22.6. The molecule has 2 aliphatic heterocycles. The van der Waals surface area contributed by atoms with Gasteiger partial charge in [0.15, 0.2) is 5.17 Å². The van der Waals surface area contributed by atoms with Gasteiger partial charge in [0.2, 0.25) is 5.91 Å². The maximum absolute atomic E-state index is 13.4. The largest absolute Gasteiger partial charge is 0.459 e. The van der Waals surface area contributed by atoms with E-state index < -0.39 is 12.0 Å². The van der Waals surface area contributed by atoms with Gasteiger partial charge in [-0.1, -0.05) is 30.8 Å². The minimum atomic E-state index is -0.661. The molecule has 2 atom stereocenters. The summed E-state index contributed by atoms with van der Waals surface area (Å²) in [6, 6.07) is 5.18. The molecule has 26 heavy (non-hydrogen) atoms. The number of allylic oxidation sites excluding steroid dienone is 1. The Hall–Kier alpha value is -2.15. The molecule has 3 rings (SSSR count). The van der Waals surface area contributed by atoms with Crippen molar-refractivity contribution in [2.45, 2.75) is 51.5 Å². The van der Waals surface area contributed by atoms with Gasteiger partial charge in [0.05, 0.1) is 28.7 Å². The van der Waals surface area contributed by atoms with Crippen LogP contribution in [-0.4, -0.2) is 33.3 Å². The lowest BCUT2D eigenvalue weighted by atomic mass is 9.94. The van der Waals surface area contributed by atoms with Crippen LogP contribution in [0.4, 0.5) is 4.39 Å². The van der Waals surface area contributed by atoms with Gasteiger partial charge in [-0.05, 0) is 44.9 Å². The van der Waals surface area contributed by atoms with Crippen molar-refractivity contribution in [3.05, 3.63) is 46.9 Å². The highest BCUT2D eigenvalue weighted by Gasteiger charge is 2.47. The smallest absolute Gasteiger partial charge is 0.338 e. The third kappa shape index (κ3) is 3.28. The molecule has 0 spiro atoms. The molecule has 5 nitrogen and oxygen atoms in total. The van der Waals surface area contributed by atoms with Crippen molar-refractivity contribution in [1.29, 1.82) is 0 Å². The number of halogens is 1. The standard InChI is InChI=1S/C19H21FN2O3S/c1-5-14-17(23)22-16(12-6-8-13(20)9-7-12)15(18(24)25-10(2)3)11(4)21-19(22)26-14/h6-10,14,16H,5H2,1-4H3/t14-,16+/m0/s1. The molecule has 0 aromatic heterocycles. The summed E-state index contributed by atoms with van der Waals surface area (Å²) in [5.41, 5.74) is 1.49. The number of hydrogen-bond acceptors (Lipinski definition) is 5. The number of benzene rings is 1. The highest BCUT2D eigenvalue weighted by Crippen LogP contribution is 2.44. The zero-order valence-corrected chi connectivity index (χ0v) is 16.0. The van der Waals surface area contributed by atoms with Crippen LogP contribution < -0.4 is 0 Å². The number of ether oxygens (including phenoxy) is 1. The number of rotatable bonds is 4. The number of hydrogen-bond donors (Lipinski definition) is 0. The molecule has 1 amide bonds. The Morgan fingerprint density at radius 1 is 1.35 bits per heavy atom. The summed E-state index contributed by atoms with van der Waals surface area (Å²) in [6.07, 6.45) is 0.370. The number of aliphatic imine (C=N–C) groups is 1. The number of fused-ring (bicyclic) bond motifs is 1. The van der Waals surface area contributed by atoms with Crippen LogP contribution in [0, 0.1) is 5.82 Å². The first-order valence-corrected chi connectivity index (χ1v) is 9.47. The van der Waals surface area contributed by atoms with Crippen molar-refractivity contribution in [2.24, 2.45) is 4.99 Å². The third-order valence-electron chi connectivity index (χ3n) is 4.27. The van der Waals surface area contributed by atoms with E-state index in [0.29, 0.717) is 28.4 Å². The number of thioether (sulfide) groups is 1. The van der Waals surface area contributed by atoms with E-state index in [1.165, 1.54) is 23.9 Å². The van der Waals surface area contributed by atoms with E-state index in [1.807, 2.05) is 6.92 Å². The van der Waals surface area contributed by atoms with Crippen LogP contribution in [0.15, 0.2) is 40.5 Å². The predicted octanol–water partition coefficient (Wildman–Crippen LogP) is 3.82. The maximum atomic E-state index is 13.4. The van der Waals surface area contributed by atoms with Crippen molar-refractivity contribution in [3.63, 3.8) is 0 Å². The van der Waals surface area contributed by atoms with Crippen molar-refractivity contribution in [2.75, 3.05) is 0 Å². The van der Waals surface area contributed by atoms with Crippen molar-refractivity contribution in [3.8, 4) is 0 Å². The fourth-order valence-corrected chi connectivity index (χ4v) is 4.22. The number of amides is 1. The average Bonchev–Trinajstić information content (AvgIpc) is 2.89. The lowest BCUT2D eigenvalue weighted by Crippen LogP contribution is -2.41. The van der Waals surface area contributed by atoms with Gasteiger partial charge in [-0.15, -0.1) is 0 Å². The molecule has 1 aromatic rings. The molecular weight excluding hydrogens is 355 g/mol. The topological polar surface area (TPSA) is 59.0 Å². The van der Waals surface area contributed by atoms with E-state index in [9.17, 15) is 14.0 Å². The van der Waals surface area contributed by atoms with Gasteiger partial charge in [-0.25, -0.2) is 14.2 Å². The molecule has 2 aliphatic rings. The number of amidine groups is 1. The Balaban J connectivity index is 2.12. The molecule has 0 radical (unpaired) electrons. The Morgan fingerprint density at radius 3 is 2.58 bits per heavy atom. The molecule has 0 aliphatic carbocycles. The van der Waals surface area contributed by atoms with Crippen LogP contribution in [0.3, 0.4) is 0 Å². The lowest BCUT2D eigenvalue weighted by molar-refractivity contribution is -0.143. The summed E-state index contributed by atoms with van der Waals surface area (Å²) in [4.78, 5) is 31.7. The zero-order chi connectivity index (χ0) is 19.0. The average molecular weight is 376 g/mol. The van der Waals surface area contributed by atoms with E-state index in [-0.39, 0.29) is 23.1 Å². The van der Waals surface area contributed by atoms with E-state index >= 15 is 0 Å². The summed E-state index contributed by atoms with van der Waals surface area (Å²) in [5, 5.41) is 0.347. The van der Waals surface area contributed by atoms with E-state index in [4.69, 9.17) is 4.74 Å². The second kappa shape index (κ2) is 7.23. The number of nitrogens with zero attached hydrogens (tertiary/aromatic N) is 2. The molecule has 138 valence electrons. The van der Waals surface area contributed by atoms with Gasteiger partial charge in [0.25, 0.3) is 0 Å². The van der Waals surface area contributed by atoms with Gasteiger partial charge in [0, 0.05) is 0 Å². The second-order valence-electron chi connectivity index (χ2n) is 6.52. The first-order valence-electron chi connectivity index (χ1n) is 8.59. The van der Waals surface area contributed by atoms with E-state index in [0.717, 1.165) is 0 Å². The van der Waals surface area contributed by atoms with E-state index in [2.05, 4.69) is 4.99 Å². The van der Waals surface area contributed by atoms with Gasteiger partial charge >= 0.3 is 5.97 Å². The molecule has 0 N–H and O–H groups in total. The summed E-state index contributed by atoms with van der Waals surface area (Å²) >= 11 is 1.40. The predicted molar refractivity (Wildman–Crippen MR) is 99.0 cm³/mol. The van der Waals surface area contributed by atoms with Crippen molar-refractivity contribution in [1.82, 2.24) is 4.90 Å². The molecule has 2 heterocycles. The number of esters is 1. The minimum Gasteiger partial charge on any atom is -0.459 e. The minimum absolute atomic E-state index is 0.0899. The SMILES string of the molecule is CC[C@@H]1SC2=NC(C)=C(C(=O)OC(C)C)[C@@H](c3ccc(F)cc3)N2C1=O. The fourth-order valence-electron chi connectivity index (χ4n) is 3.09. The summed E-state index contributed by atoms with van der Waals surface area (Å²) < 4.78 is 18.8. The molecule has 7 heteroatoms. The van der Waals surface area contributed by atoms with Gasteiger partial charge in [-0.3, -0.25) is 9.69 Å². The third-order valence-corrected chi connectivity index (χ3v) is 5.59. The van der Waals surface area contributed by atoms with Gasteiger partial charge < -0.3 is 4.74 Å². The molecule has 1 aromatic carbocycles. The maximum Gasteiger partial charge on any atom is 0.338 e. The van der Waals surface area contributed by atoms with Crippen LogP contribution in [0.2, 0.25) is 0 Å². The van der Waals surface area contributed by atoms with Crippen LogP contribution >= 0.6 is 11.8 Å². The Bertz CT molecular complexity index is 802. The van der Waals surface area contributed by atoms with Gasteiger partial charge in [-0.2, -0.15) is 0 Å². The van der Waals surface area contributed by atoms with E-state index in [1.54, 1.807) is 37.8 Å². The first kappa shape index (κ1) is 18.6. The molecule has 1 saturated heterocycles. The Kier molecular flexibility index (Phi) is 5.18. The van der Waals surface area contributed by atoms with Crippen LogP contribution in [0.1, 0.15) is 45.7 Å². The van der Waals surface area contributed by atoms with Crippen molar-refractivity contribution < 1.29 is 18.7 Å². The summed E-state index contributed by atoms with van der Waals surface area (Å²) in [7, 11) is 0. The molecule has 0 bridgehead atoms. The van der Waals surface area contributed by atoms with Crippen molar-refractivity contribution >= 4 is 28.8 Å². The lowest BCUT2D eigenvalue weighted by Gasteiger charge is -2.33. The summed E-state index contributed by atoms with van der Waals surface area (Å²) in [5.74, 6) is -0.973. The molecule has 1 fully saturated rings. The molecule has 0 saturated carbocycles. The van der Waals surface area contributed by atoms with Crippen LogP contribution in [0.5, 0.6) is 0 Å². The zero-order valence-electron chi connectivity index (χ0n) is 15.2. The van der Waals surface area contributed by atoms with Crippen LogP contribution in [0.25, 0.3) is 0 Å². The second-order valence-corrected chi connectivity index (χ2v) is 7.69. The Labute approximate surface area is 156 Å². The monoisotopic (exact) mass is 376 g/mol. The number of carbonyl (C=O) groups excluding carboxylic acids is 2. The highest BCUT2D eigenvalue weighted by atomic mass is 32.2. The quantitative estimate of drug-likeness (QED) is 0.750.